The average molecular weight is 571 g/mol. The van der Waals surface area contributed by atoms with Gasteiger partial charge in [0.1, 0.15) is 0 Å². The Balaban J connectivity index is 3.18. The lowest BCUT2D eigenvalue weighted by Crippen LogP contribution is -2.17. The first-order valence-electron chi connectivity index (χ1n) is 14.4. The molecule has 1 aromatic rings. The molecular weight excluding hydrogens is 520 g/mol. The average Bonchev–Trinajstić information content (AvgIpc) is 2.88. The number of unbranched alkanes of at least 4 members (excludes halogenated alkanes) is 4. The number of aliphatic hydroxyl groups excluding tert-OH is 2. The maximum Gasteiger partial charge on any atom is 0.336 e. The molecular formula is C30H50O6S2. The van der Waals surface area contributed by atoms with Crippen molar-refractivity contribution in [2.45, 2.75) is 127 Å². The number of benzene rings is 1. The first-order valence-corrected chi connectivity index (χ1v) is 16.5. The van der Waals surface area contributed by atoms with Crippen LogP contribution in [0.1, 0.15) is 147 Å². The summed E-state index contributed by atoms with van der Waals surface area (Å²) >= 11 is 3.32. The number of aromatic carboxylic acids is 2. The van der Waals surface area contributed by atoms with E-state index in [2.05, 4.69) is 20.8 Å². The topological polar surface area (TPSA) is 115 Å². The van der Waals surface area contributed by atoms with Crippen molar-refractivity contribution in [2.75, 3.05) is 11.5 Å². The predicted octanol–water partition coefficient (Wildman–Crippen LogP) is 8.11. The SMILES string of the molecule is CCCCCC(O)CCSC(CC)c1ccc(C(=O)O)c(C(=O)O)c1C(CC)SCCC(O)CCCCC. The van der Waals surface area contributed by atoms with Gasteiger partial charge in [-0.1, -0.05) is 72.3 Å². The van der Waals surface area contributed by atoms with Crippen molar-refractivity contribution in [3.05, 3.63) is 34.4 Å². The maximum absolute atomic E-state index is 12.4. The van der Waals surface area contributed by atoms with Crippen molar-refractivity contribution in [2.24, 2.45) is 0 Å². The second-order valence-electron chi connectivity index (χ2n) is 10.0. The largest absolute Gasteiger partial charge is 0.478 e. The van der Waals surface area contributed by atoms with Gasteiger partial charge in [-0.15, -0.1) is 0 Å². The zero-order valence-corrected chi connectivity index (χ0v) is 25.4. The van der Waals surface area contributed by atoms with Crippen LogP contribution in [0.2, 0.25) is 0 Å². The number of thioether (sulfide) groups is 2. The van der Waals surface area contributed by atoms with E-state index < -0.39 is 11.9 Å². The highest BCUT2D eigenvalue weighted by molar-refractivity contribution is 7.99. The van der Waals surface area contributed by atoms with Crippen molar-refractivity contribution in [1.82, 2.24) is 0 Å². The van der Waals surface area contributed by atoms with Crippen LogP contribution in [-0.2, 0) is 0 Å². The molecule has 218 valence electrons. The van der Waals surface area contributed by atoms with E-state index in [0.717, 1.165) is 69.1 Å². The van der Waals surface area contributed by atoms with E-state index in [0.29, 0.717) is 30.6 Å². The summed E-state index contributed by atoms with van der Waals surface area (Å²) in [5.74, 6) is -1.03. The smallest absolute Gasteiger partial charge is 0.336 e. The van der Waals surface area contributed by atoms with Gasteiger partial charge < -0.3 is 20.4 Å². The van der Waals surface area contributed by atoms with Gasteiger partial charge in [0.2, 0.25) is 0 Å². The molecule has 4 atom stereocenters. The summed E-state index contributed by atoms with van der Waals surface area (Å²) < 4.78 is 0. The molecule has 4 unspecified atom stereocenters. The monoisotopic (exact) mass is 570 g/mol. The van der Waals surface area contributed by atoms with Gasteiger partial charge in [-0.05, 0) is 67.2 Å². The van der Waals surface area contributed by atoms with Crippen LogP contribution in [0.15, 0.2) is 12.1 Å². The molecule has 0 heterocycles. The molecule has 0 aliphatic heterocycles. The number of carboxylic acids is 2. The van der Waals surface area contributed by atoms with Crippen molar-refractivity contribution < 1.29 is 30.0 Å². The van der Waals surface area contributed by atoms with E-state index in [1.807, 2.05) is 6.92 Å². The lowest BCUT2D eigenvalue weighted by atomic mass is 9.90. The number of hydrogen-bond donors (Lipinski definition) is 4. The molecule has 4 N–H and O–H groups in total. The summed E-state index contributed by atoms with van der Waals surface area (Å²) in [5, 5.41) is 40.5. The Bertz CT molecular complexity index is 831. The van der Waals surface area contributed by atoms with Gasteiger partial charge in [0.25, 0.3) is 0 Å². The van der Waals surface area contributed by atoms with Gasteiger partial charge in [-0.3, -0.25) is 0 Å². The van der Waals surface area contributed by atoms with E-state index in [9.17, 15) is 30.0 Å². The van der Waals surface area contributed by atoms with Crippen LogP contribution < -0.4 is 0 Å². The molecule has 1 rings (SSSR count). The molecule has 0 aliphatic carbocycles. The molecule has 0 radical (unpaired) electrons. The number of aliphatic hydroxyl groups is 2. The van der Waals surface area contributed by atoms with Gasteiger partial charge >= 0.3 is 11.9 Å². The van der Waals surface area contributed by atoms with Gasteiger partial charge in [-0.2, -0.15) is 23.5 Å². The molecule has 6 nitrogen and oxygen atoms in total. The second-order valence-corrected chi connectivity index (χ2v) is 12.6. The van der Waals surface area contributed by atoms with Crippen LogP contribution in [0.3, 0.4) is 0 Å². The molecule has 38 heavy (non-hydrogen) atoms. The zero-order valence-electron chi connectivity index (χ0n) is 23.8. The Morgan fingerprint density at radius 3 is 1.63 bits per heavy atom. The van der Waals surface area contributed by atoms with Crippen LogP contribution in [0.5, 0.6) is 0 Å². The minimum atomic E-state index is -1.24. The fourth-order valence-electron chi connectivity index (χ4n) is 4.75. The number of rotatable bonds is 22. The summed E-state index contributed by atoms with van der Waals surface area (Å²) in [5.41, 5.74) is 1.19. The highest BCUT2D eigenvalue weighted by Gasteiger charge is 2.30. The molecule has 0 aromatic heterocycles. The number of carbonyl (C=O) groups is 2. The Morgan fingerprint density at radius 2 is 1.21 bits per heavy atom. The maximum atomic E-state index is 12.4. The fourth-order valence-corrected chi connectivity index (χ4v) is 7.41. The van der Waals surface area contributed by atoms with Crippen LogP contribution in [0.4, 0.5) is 0 Å². The Labute approximate surface area is 238 Å². The Kier molecular flexibility index (Phi) is 18.1. The molecule has 1 aromatic carbocycles. The molecule has 0 fully saturated rings. The standard InChI is InChI=1S/C30H50O6S2/c1-5-9-11-13-21(31)17-19-37-25(7-3)23-15-16-24(29(33)34)28(30(35)36)27(23)26(8-4)38-20-18-22(32)14-12-10-6-2/h15-16,21-22,25-26,31-32H,5-14,17-20H2,1-4H3,(H,33,34)(H,35,36). The van der Waals surface area contributed by atoms with E-state index in [1.165, 1.54) is 6.07 Å². The zero-order chi connectivity index (χ0) is 28.5. The summed E-state index contributed by atoms with van der Waals surface area (Å²) in [6, 6.07) is 3.23. The van der Waals surface area contributed by atoms with Gasteiger partial charge in [-0.25, -0.2) is 9.59 Å². The van der Waals surface area contributed by atoms with E-state index >= 15 is 0 Å². The van der Waals surface area contributed by atoms with E-state index in [4.69, 9.17) is 0 Å². The molecule has 0 saturated carbocycles. The number of carboxylic acid groups (broad SMARTS) is 2. The third kappa shape index (κ3) is 11.9. The normalized spacial score (nSPS) is 14.7. The Morgan fingerprint density at radius 1 is 0.711 bits per heavy atom. The highest BCUT2D eigenvalue weighted by Crippen LogP contribution is 2.44. The quantitative estimate of drug-likeness (QED) is 0.103. The summed E-state index contributed by atoms with van der Waals surface area (Å²) in [6.45, 7) is 8.34. The second kappa shape index (κ2) is 19.8. The molecule has 0 amide bonds. The summed E-state index contributed by atoms with van der Waals surface area (Å²) in [4.78, 5) is 24.4. The van der Waals surface area contributed by atoms with Crippen LogP contribution >= 0.6 is 23.5 Å². The third-order valence-electron chi connectivity index (χ3n) is 6.96. The van der Waals surface area contributed by atoms with Crippen LogP contribution in [0, 0.1) is 0 Å². The van der Waals surface area contributed by atoms with Crippen molar-refractivity contribution >= 4 is 35.5 Å². The van der Waals surface area contributed by atoms with Gasteiger partial charge in [0, 0.05) is 10.5 Å². The van der Waals surface area contributed by atoms with Crippen LogP contribution in [-0.4, -0.2) is 56.1 Å². The third-order valence-corrected chi connectivity index (χ3v) is 9.86. The first-order chi connectivity index (χ1) is 18.2. The highest BCUT2D eigenvalue weighted by atomic mass is 32.2. The minimum absolute atomic E-state index is 0.00284. The predicted molar refractivity (Wildman–Crippen MR) is 161 cm³/mol. The van der Waals surface area contributed by atoms with E-state index in [1.54, 1.807) is 29.6 Å². The van der Waals surface area contributed by atoms with Crippen molar-refractivity contribution in [3.8, 4) is 0 Å². The van der Waals surface area contributed by atoms with Gasteiger partial charge in [0.15, 0.2) is 0 Å². The number of hydrogen-bond acceptors (Lipinski definition) is 6. The minimum Gasteiger partial charge on any atom is -0.478 e. The summed E-state index contributed by atoms with van der Waals surface area (Å²) in [6.07, 6.45) is 10.0. The van der Waals surface area contributed by atoms with Crippen molar-refractivity contribution in [1.29, 1.82) is 0 Å². The van der Waals surface area contributed by atoms with Crippen LogP contribution in [0.25, 0.3) is 0 Å². The first kappa shape index (κ1) is 34.8. The molecule has 0 bridgehead atoms. The molecule has 0 spiro atoms. The summed E-state index contributed by atoms with van der Waals surface area (Å²) in [7, 11) is 0. The molecule has 0 saturated heterocycles. The van der Waals surface area contributed by atoms with E-state index in [-0.39, 0.29) is 33.8 Å². The van der Waals surface area contributed by atoms with Gasteiger partial charge in [0.05, 0.1) is 23.3 Å². The Hall–Kier alpha value is -1.22. The molecule has 0 aliphatic rings. The fraction of sp³-hybridized carbons (Fsp3) is 0.733. The lowest BCUT2D eigenvalue weighted by molar-refractivity contribution is 0.0650. The lowest BCUT2D eigenvalue weighted by Gasteiger charge is -2.27. The van der Waals surface area contributed by atoms with Crippen molar-refractivity contribution in [3.63, 3.8) is 0 Å². The molecule has 8 heteroatoms.